The standard InChI is InChI=1S/C23H18N4O3/c1-13-3-2-4-17(25-13)21-20(16-9-10-18-19(11-16)30-12-29-18)26-23(27-21)15-7-5-14(6-8-15)22(24)28/h2-11H,12H2,1H3,(H2,24,28)(H,26,27). The molecule has 1 aliphatic heterocycles. The van der Waals surface area contributed by atoms with Crippen LogP contribution in [0.25, 0.3) is 34.0 Å². The first-order chi connectivity index (χ1) is 14.6. The number of hydrogen-bond acceptors (Lipinski definition) is 5. The molecule has 0 spiro atoms. The topological polar surface area (TPSA) is 103 Å². The van der Waals surface area contributed by atoms with Crippen LogP contribution in [0.2, 0.25) is 0 Å². The molecule has 0 unspecified atom stereocenters. The molecule has 0 fully saturated rings. The number of H-pyrrole nitrogens is 1. The summed E-state index contributed by atoms with van der Waals surface area (Å²) in [6, 6.07) is 18.6. The molecule has 5 rings (SSSR count). The highest BCUT2D eigenvalue weighted by Crippen LogP contribution is 2.39. The number of fused-ring (bicyclic) bond motifs is 1. The fraction of sp³-hybridized carbons (Fsp3) is 0.0870. The zero-order valence-corrected chi connectivity index (χ0v) is 16.2. The second-order valence-corrected chi connectivity index (χ2v) is 6.98. The number of nitrogens with two attached hydrogens (primary N) is 1. The first-order valence-corrected chi connectivity index (χ1v) is 9.43. The lowest BCUT2D eigenvalue weighted by molar-refractivity contribution is 0.100. The van der Waals surface area contributed by atoms with E-state index in [1.165, 1.54) is 0 Å². The number of amides is 1. The fourth-order valence-corrected chi connectivity index (χ4v) is 3.42. The average molecular weight is 398 g/mol. The summed E-state index contributed by atoms with van der Waals surface area (Å²) in [5.41, 5.74) is 10.8. The van der Waals surface area contributed by atoms with Gasteiger partial charge in [-0.2, -0.15) is 0 Å². The second-order valence-electron chi connectivity index (χ2n) is 6.98. The van der Waals surface area contributed by atoms with Crippen LogP contribution >= 0.6 is 0 Å². The van der Waals surface area contributed by atoms with Gasteiger partial charge in [-0.1, -0.05) is 18.2 Å². The first kappa shape index (κ1) is 17.9. The molecule has 0 atom stereocenters. The Morgan fingerprint density at radius 2 is 1.73 bits per heavy atom. The molecular weight excluding hydrogens is 380 g/mol. The Hall–Kier alpha value is -4.13. The highest BCUT2D eigenvalue weighted by molar-refractivity contribution is 5.93. The molecule has 7 nitrogen and oxygen atoms in total. The predicted molar refractivity (Wildman–Crippen MR) is 112 cm³/mol. The number of aromatic amines is 1. The summed E-state index contributed by atoms with van der Waals surface area (Å²) >= 11 is 0. The molecule has 1 aliphatic rings. The maximum Gasteiger partial charge on any atom is 0.248 e. The summed E-state index contributed by atoms with van der Waals surface area (Å²) in [6.07, 6.45) is 0. The number of benzene rings is 2. The van der Waals surface area contributed by atoms with Crippen LogP contribution < -0.4 is 15.2 Å². The van der Waals surface area contributed by atoms with Crippen molar-refractivity contribution < 1.29 is 14.3 Å². The molecule has 148 valence electrons. The Bertz CT molecular complexity index is 1260. The van der Waals surface area contributed by atoms with Crippen molar-refractivity contribution in [3.8, 4) is 45.5 Å². The number of aromatic nitrogens is 3. The van der Waals surface area contributed by atoms with Gasteiger partial charge in [0.1, 0.15) is 5.82 Å². The molecule has 3 heterocycles. The number of carbonyl (C=O) groups excluding carboxylic acids is 1. The number of aryl methyl sites for hydroxylation is 1. The maximum atomic E-state index is 11.4. The summed E-state index contributed by atoms with van der Waals surface area (Å²) in [5, 5.41) is 0. The summed E-state index contributed by atoms with van der Waals surface area (Å²) in [6.45, 7) is 2.16. The second kappa shape index (κ2) is 7.04. The van der Waals surface area contributed by atoms with Crippen LogP contribution in [0.15, 0.2) is 60.7 Å². The molecule has 1 amide bonds. The van der Waals surface area contributed by atoms with Crippen LogP contribution in [-0.4, -0.2) is 27.7 Å². The van der Waals surface area contributed by atoms with Crippen LogP contribution in [0.1, 0.15) is 16.1 Å². The molecule has 3 N–H and O–H groups in total. The smallest absolute Gasteiger partial charge is 0.248 e. The molecule has 2 aromatic carbocycles. The Kier molecular flexibility index (Phi) is 4.21. The molecule has 2 aromatic heterocycles. The summed E-state index contributed by atoms with van der Waals surface area (Å²) < 4.78 is 11.0. The van der Waals surface area contributed by atoms with Crippen molar-refractivity contribution in [2.75, 3.05) is 6.79 Å². The first-order valence-electron chi connectivity index (χ1n) is 9.43. The SMILES string of the molecule is Cc1cccc(-c2[nH]c(-c3ccc(C(N)=O)cc3)nc2-c2ccc3c(c2)OCO3)n1. The van der Waals surface area contributed by atoms with E-state index in [-0.39, 0.29) is 6.79 Å². The molecule has 0 aliphatic carbocycles. The van der Waals surface area contributed by atoms with Crippen LogP contribution in [0.4, 0.5) is 0 Å². The van der Waals surface area contributed by atoms with Gasteiger partial charge in [-0.25, -0.2) is 4.98 Å². The van der Waals surface area contributed by atoms with E-state index in [0.717, 1.165) is 33.9 Å². The Labute approximate surface area is 172 Å². The highest BCUT2D eigenvalue weighted by atomic mass is 16.7. The van der Waals surface area contributed by atoms with Crippen molar-refractivity contribution in [1.82, 2.24) is 15.0 Å². The van der Waals surface area contributed by atoms with Gasteiger partial charge < -0.3 is 20.2 Å². The van der Waals surface area contributed by atoms with Crippen LogP contribution in [-0.2, 0) is 0 Å². The van der Waals surface area contributed by atoms with Crippen molar-refractivity contribution >= 4 is 5.91 Å². The van der Waals surface area contributed by atoms with E-state index >= 15 is 0 Å². The van der Waals surface area contributed by atoms with E-state index in [4.69, 9.17) is 20.2 Å². The van der Waals surface area contributed by atoms with E-state index in [9.17, 15) is 4.79 Å². The van der Waals surface area contributed by atoms with E-state index in [0.29, 0.717) is 22.9 Å². The highest BCUT2D eigenvalue weighted by Gasteiger charge is 2.20. The molecule has 0 saturated heterocycles. The Morgan fingerprint density at radius 1 is 0.967 bits per heavy atom. The summed E-state index contributed by atoms with van der Waals surface area (Å²) in [4.78, 5) is 24.3. The zero-order valence-electron chi connectivity index (χ0n) is 16.2. The Morgan fingerprint density at radius 3 is 2.50 bits per heavy atom. The quantitative estimate of drug-likeness (QED) is 0.542. The molecule has 0 radical (unpaired) electrons. The minimum absolute atomic E-state index is 0.211. The van der Waals surface area contributed by atoms with Crippen LogP contribution in [0.5, 0.6) is 11.5 Å². The number of nitrogens with zero attached hydrogens (tertiary/aromatic N) is 2. The lowest BCUT2D eigenvalue weighted by Gasteiger charge is -2.04. The van der Waals surface area contributed by atoms with E-state index in [1.807, 2.05) is 55.5 Å². The van der Waals surface area contributed by atoms with Gasteiger partial charge in [0, 0.05) is 22.4 Å². The van der Waals surface area contributed by atoms with Crippen molar-refractivity contribution in [2.24, 2.45) is 5.73 Å². The van der Waals surface area contributed by atoms with Crippen LogP contribution in [0.3, 0.4) is 0 Å². The number of rotatable bonds is 4. The van der Waals surface area contributed by atoms with Gasteiger partial charge in [0.25, 0.3) is 0 Å². The fourth-order valence-electron chi connectivity index (χ4n) is 3.42. The van der Waals surface area contributed by atoms with Crippen molar-refractivity contribution in [3.63, 3.8) is 0 Å². The van der Waals surface area contributed by atoms with Crippen LogP contribution in [0, 0.1) is 6.92 Å². The molecular formula is C23H18N4O3. The van der Waals surface area contributed by atoms with Crippen molar-refractivity contribution in [2.45, 2.75) is 6.92 Å². The average Bonchev–Trinajstić information content (AvgIpc) is 3.40. The largest absolute Gasteiger partial charge is 0.454 e. The number of ether oxygens (including phenoxy) is 2. The molecule has 4 aromatic rings. The third-order valence-electron chi connectivity index (χ3n) is 4.94. The molecule has 7 heteroatoms. The number of pyridine rings is 1. The predicted octanol–water partition coefficient (Wildman–Crippen LogP) is 3.94. The van der Waals surface area contributed by atoms with Gasteiger partial charge in [-0.3, -0.25) is 9.78 Å². The van der Waals surface area contributed by atoms with Crippen molar-refractivity contribution in [3.05, 3.63) is 71.9 Å². The lowest BCUT2D eigenvalue weighted by atomic mass is 10.1. The van der Waals surface area contributed by atoms with E-state index in [2.05, 4.69) is 9.97 Å². The maximum absolute atomic E-state index is 11.4. The van der Waals surface area contributed by atoms with E-state index < -0.39 is 5.91 Å². The monoisotopic (exact) mass is 398 g/mol. The van der Waals surface area contributed by atoms with Gasteiger partial charge in [0.15, 0.2) is 11.5 Å². The zero-order chi connectivity index (χ0) is 20.7. The Balaban J connectivity index is 1.65. The summed E-state index contributed by atoms with van der Waals surface area (Å²) in [5.74, 6) is 1.60. The normalized spacial score (nSPS) is 12.2. The molecule has 30 heavy (non-hydrogen) atoms. The lowest BCUT2D eigenvalue weighted by Crippen LogP contribution is -2.10. The van der Waals surface area contributed by atoms with Gasteiger partial charge in [-0.15, -0.1) is 0 Å². The number of imidazole rings is 1. The van der Waals surface area contributed by atoms with Crippen molar-refractivity contribution in [1.29, 1.82) is 0 Å². The van der Waals surface area contributed by atoms with E-state index in [1.54, 1.807) is 12.1 Å². The van der Waals surface area contributed by atoms with Gasteiger partial charge in [-0.05, 0) is 49.4 Å². The molecule has 0 bridgehead atoms. The number of carbonyl (C=O) groups is 1. The third-order valence-corrected chi connectivity index (χ3v) is 4.94. The minimum Gasteiger partial charge on any atom is -0.454 e. The van der Waals surface area contributed by atoms with Gasteiger partial charge in [0.05, 0.1) is 17.1 Å². The summed E-state index contributed by atoms with van der Waals surface area (Å²) in [7, 11) is 0. The molecule has 0 saturated carbocycles. The van der Waals surface area contributed by atoms with Gasteiger partial charge in [0.2, 0.25) is 12.7 Å². The number of hydrogen-bond donors (Lipinski definition) is 2. The third kappa shape index (κ3) is 3.16. The minimum atomic E-state index is -0.466. The van der Waals surface area contributed by atoms with Gasteiger partial charge >= 0.3 is 0 Å². The number of nitrogens with one attached hydrogen (secondary N) is 1. The number of primary amides is 1.